The third kappa shape index (κ3) is 3.16. The minimum Gasteiger partial charge on any atom is -0.324 e. The second-order valence-electron chi connectivity index (χ2n) is 7.13. The van der Waals surface area contributed by atoms with Gasteiger partial charge in [0.15, 0.2) is 0 Å². The number of pyridine rings is 1. The van der Waals surface area contributed by atoms with Crippen LogP contribution in [0.15, 0.2) is 54.7 Å². The third-order valence-corrected chi connectivity index (χ3v) is 4.03. The fourth-order valence-electron chi connectivity index (χ4n) is 2.65. The number of fused-ring (bicyclic) bond motifs is 1. The van der Waals surface area contributed by atoms with Crippen LogP contribution in [0, 0.1) is 12.3 Å². The van der Waals surface area contributed by atoms with Gasteiger partial charge in [-0.3, -0.25) is 9.78 Å². The van der Waals surface area contributed by atoms with Crippen LogP contribution in [0.3, 0.4) is 0 Å². The monoisotopic (exact) mass is 318 g/mol. The first kappa shape index (κ1) is 16.2. The van der Waals surface area contributed by atoms with Crippen molar-refractivity contribution in [2.75, 3.05) is 5.32 Å². The van der Waals surface area contributed by atoms with Crippen molar-refractivity contribution >= 4 is 22.5 Å². The molecule has 0 bridgehead atoms. The maximum absolute atomic E-state index is 12.3. The summed E-state index contributed by atoms with van der Waals surface area (Å²) in [5.41, 5.74) is 4.61. The number of nitrogens with one attached hydrogen (secondary N) is 1. The Labute approximate surface area is 142 Å². The number of carbonyl (C=O) groups excluding carboxylic acids is 1. The Morgan fingerprint density at radius 1 is 1.04 bits per heavy atom. The molecule has 0 atom stereocenters. The number of hydrogen-bond donors (Lipinski definition) is 1. The second-order valence-corrected chi connectivity index (χ2v) is 7.13. The van der Waals surface area contributed by atoms with E-state index in [9.17, 15) is 4.79 Å². The van der Waals surface area contributed by atoms with Crippen LogP contribution < -0.4 is 5.32 Å². The zero-order valence-corrected chi connectivity index (χ0v) is 14.6. The van der Waals surface area contributed by atoms with Crippen LogP contribution in [0.25, 0.3) is 22.0 Å². The molecule has 3 aromatic rings. The average molecular weight is 318 g/mol. The number of benzene rings is 2. The van der Waals surface area contributed by atoms with E-state index in [0.29, 0.717) is 0 Å². The lowest BCUT2D eigenvalue weighted by Gasteiger charge is -2.19. The first-order valence-electron chi connectivity index (χ1n) is 8.12. The van der Waals surface area contributed by atoms with Gasteiger partial charge in [-0.15, -0.1) is 0 Å². The van der Waals surface area contributed by atoms with Crippen LogP contribution >= 0.6 is 0 Å². The van der Waals surface area contributed by atoms with E-state index >= 15 is 0 Å². The van der Waals surface area contributed by atoms with E-state index in [2.05, 4.69) is 47.6 Å². The number of rotatable bonds is 2. The number of aryl methyl sites for hydroxylation is 1. The highest BCUT2D eigenvalue weighted by Crippen LogP contribution is 2.33. The predicted molar refractivity (Wildman–Crippen MR) is 100 cm³/mol. The van der Waals surface area contributed by atoms with Gasteiger partial charge in [-0.1, -0.05) is 62.7 Å². The van der Waals surface area contributed by atoms with E-state index in [4.69, 9.17) is 0 Å². The van der Waals surface area contributed by atoms with Gasteiger partial charge >= 0.3 is 0 Å². The molecule has 122 valence electrons. The zero-order valence-electron chi connectivity index (χ0n) is 14.6. The van der Waals surface area contributed by atoms with Crippen molar-refractivity contribution in [3.05, 3.63) is 60.3 Å². The minimum atomic E-state index is -0.448. The van der Waals surface area contributed by atoms with Crippen molar-refractivity contribution < 1.29 is 4.79 Å². The van der Waals surface area contributed by atoms with Crippen molar-refractivity contribution in [3.8, 4) is 11.1 Å². The molecule has 1 aromatic heterocycles. The van der Waals surface area contributed by atoms with Crippen molar-refractivity contribution in [2.45, 2.75) is 27.7 Å². The Morgan fingerprint density at radius 3 is 2.54 bits per heavy atom. The highest BCUT2D eigenvalue weighted by molar-refractivity contribution is 6.06. The molecule has 2 aromatic carbocycles. The lowest BCUT2D eigenvalue weighted by Crippen LogP contribution is -2.27. The van der Waals surface area contributed by atoms with Crippen LogP contribution in [0.5, 0.6) is 0 Å². The van der Waals surface area contributed by atoms with Crippen molar-refractivity contribution in [3.63, 3.8) is 0 Å². The Hall–Kier alpha value is -2.68. The van der Waals surface area contributed by atoms with Crippen LogP contribution in [0.1, 0.15) is 26.3 Å². The molecule has 3 rings (SSSR count). The van der Waals surface area contributed by atoms with Crippen molar-refractivity contribution in [1.82, 2.24) is 4.98 Å². The van der Waals surface area contributed by atoms with Crippen LogP contribution in [0.2, 0.25) is 0 Å². The van der Waals surface area contributed by atoms with Gasteiger partial charge in [0.1, 0.15) is 0 Å². The van der Waals surface area contributed by atoms with E-state index < -0.39 is 5.41 Å². The molecule has 0 unspecified atom stereocenters. The SMILES string of the molecule is Cc1cccc(-c2ccc(NC(=O)C(C)(C)C)c3ncccc23)c1. The van der Waals surface area contributed by atoms with Gasteiger partial charge < -0.3 is 5.32 Å². The van der Waals surface area contributed by atoms with Gasteiger partial charge in [0, 0.05) is 17.0 Å². The molecule has 0 radical (unpaired) electrons. The summed E-state index contributed by atoms with van der Waals surface area (Å²) in [6.07, 6.45) is 1.76. The fourth-order valence-corrected chi connectivity index (χ4v) is 2.65. The first-order chi connectivity index (χ1) is 11.4. The molecule has 1 heterocycles. The predicted octanol–water partition coefficient (Wildman–Crippen LogP) is 5.19. The van der Waals surface area contributed by atoms with Gasteiger partial charge in [-0.2, -0.15) is 0 Å². The van der Waals surface area contributed by atoms with Crippen molar-refractivity contribution in [2.24, 2.45) is 5.41 Å². The molecule has 0 fully saturated rings. The summed E-state index contributed by atoms with van der Waals surface area (Å²) in [6.45, 7) is 7.79. The topological polar surface area (TPSA) is 42.0 Å². The molecular formula is C21H22N2O. The summed E-state index contributed by atoms with van der Waals surface area (Å²) >= 11 is 0. The lowest BCUT2D eigenvalue weighted by atomic mass is 9.95. The van der Waals surface area contributed by atoms with Gasteiger partial charge in [0.25, 0.3) is 0 Å². The number of aromatic nitrogens is 1. The molecule has 0 saturated heterocycles. The summed E-state index contributed by atoms with van der Waals surface area (Å²) < 4.78 is 0. The van der Waals surface area contributed by atoms with Gasteiger partial charge in [0.2, 0.25) is 5.91 Å². The van der Waals surface area contributed by atoms with E-state index in [-0.39, 0.29) is 5.91 Å². The normalized spacial score (nSPS) is 11.5. The van der Waals surface area contributed by atoms with E-state index in [0.717, 1.165) is 27.7 Å². The average Bonchev–Trinajstić information content (AvgIpc) is 2.54. The highest BCUT2D eigenvalue weighted by atomic mass is 16.2. The first-order valence-corrected chi connectivity index (χ1v) is 8.12. The third-order valence-electron chi connectivity index (χ3n) is 4.03. The smallest absolute Gasteiger partial charge is 0.229 e. The zero-order chi connectivity index (χ0) is 17.3. The van der Waals surface area contributed by atoms with E-state index in [1.165, 1.54) is 5.56 Å². The molecule has 0 aliphatic heterocycles. The summed E-state index contributed by atoms with van der Waals surface area (Å²) in [4.78, 5) is 16.8. The fraction of sp³-hybridized carbons (Fsp3) is 0.238. The van der Waals surface area contributed by atoms with E-state index in [1.807, 2.05) is 39.0 Å². The molecule has 1 N–H and O–H groups in total. The Kier molecular flexibility index (Phi) is 4.10. The number of nitrogens with zero attached hydrogens (tertiary/aromatic N) is 1. The maximum Gasteiger partial charge on any atom is 0.229 e. The molecule has 3 heteroatoms. The molecule has 24 heavy (non-hydrogen) atoms. The van der Waals surface area contributed by atoms with Crippen LogP contribution in [0.4, 0.5) is 5.69 Å². The Bertz CT molecular complexity index is 907. The van der Waals surface area contributed by atoms with Crippen LogP contribution in [-0.4, -0.2) is 10.9 Å². The van der Waals surface area contributed by atoms with Gasteiger partial charge in [-0.25, -0.2) is 0 Å². The Balaban J connectivity index is 2.13. The van der Waals surface area contributed by atoms with Crippen molar-refractivity contribution in [1.29, 1.82) is 0 Å². The number of anilines is 1. The molecular weight excluding hydrogens is 296 g/mol. The minimum absolute atomic E-state index is 0.0160. The van der Waals surface area contributed by atoms with Crippen LogP contribution in [-0.2, 0) is 4.79 Å². The summed E-state index contributed by atoms with van der Waals surface area (Å²) in [5.74, 6) is -0.0160. The quantitative estimate of drug-likeness (QED) is 0.706. The molecule has 0 aliphatic rings. The lowest BCUT2D eigenvalue weighted by molar-refractivity contribution is -0.123. The number of hydrogen-bond acceptors (Lipinski definition) is 2. The van der Waals surface area contributed by atoms with E-state index in [1.54, 1.807) is 6.20 Å². The number of carbonyl (C=O) groups is 1. The molecule has 0 aliphatic carbocycles. The molecule has 1 amide bonds. The molecule has 3 nitrogen and oxygen atoms in total. The summed E-state index contributed by atoms with van der Waals surface area (Å²) in [7, 11) is 0. The maximum atomic E-state index is 12.3. The summed E-state index contributed by atoms with van der Waals surface area (Å²) in [5, 5.41) is 4.05. The number of amides is 1. The summed E-state index contributed by atoms with van der Waals surface area (Å²) in [6, 6.07) is 16.4. The molecule has 0 spiro atoms. The van der Waals surface area contributed by atoms with Gasteiger partial charge in [0.05, 0.1) is 11.2 Å². The molecule has 0 saturated carbocycles. The second kappa shape index (κ2) is 6.08. The van der Waals surface area contributed by atoms with Gasteiger partial charge in [-0.05, 0) is 30.2 Å². The standard InChI is InChI=1S/C21H22N2O/c1-14-7-5-8-15(13-14)16-10-11-18(23-20(24)21(2,3)4)19-17(16)9-6-12-22-19/h5-13H,1-4H3,(H,23,24). The Morgan fingerprint density at radius 2 is 1.83 bits per heavy atom. The highest BCUT2D eigenvalue weighted by Gasteiger charge is 2.22. The largest absolute Gasteiger partial charge is 0.324 e.